The Morgan fingerprint density at radius 2 is 1.83 bits per heavy atom. The Hall–Kier alpha value is -2.98. The van der Waals surface area contributed by atoms with Crippen LogP contribution >= 0.6 is 11.8 Å². The highest BCUT2D eigenvalue weighted by Crippen LogP contribution is 2.34. The number of ether oxygens (including phenoxy) is 1. The number of carbonyl (C=O) groups is 1. The molecular weight excluding hydrogens is 424 g/mol. The second-order valence-corrected chi connectivity index (χ2v) is 9.34. The van der Waals surface area contributed by atoms with Crippen LogP contribution in [0.4, 0.5) is 11.5 Å². The number of benzene rings is 2. The molecule has 2 aromatic carbocycles. The predicted molar refractivity (Wildman–Crippen MR) is 117 cm³/mol. The molecule has 158 valence electrons. The lowest BCUT2D eigenvalue weighted by Gasteiger charge is -2.08. The maximum Gasteiger partial charge on any atom is 0.246 e. The molecule has 0 aliphatic rings. The van der Waals surface area contributed by atoms with Gasteiger partial charge in [-0.3, -0.25) is 4.79 Å². The summed E-state index contributed by atoms with van der Waals surface area (Å²) in [6, 6.07) is 14.9. The molecule has 0 atom stereocenters. The van der Waals surface area contributed by atoms with Gasteiger partial charge in [0.1, 0.15) is 28.0 Å². The van der Waals surface area contributed by atoms with Gasteiger partial charge in [-0.25, -0.2) is 13.1 Å². The smallest absolute Gasteiger partial charge is 0.246 e. The van der Waals surface area contributed by atoms with Crippen molar-refractivity contribution < 1.29 is 17.9 Å². The fraction of sp³-hybridized carbons (Fsp3) is 0.200. The summed E-state index contributed by atoms with van der Waals surface area (Å²) in [5.74, 6) is 0.818. The van der Waals surface area contributed by atoms with Crippen molar-refractivity contribution in [1.82, 2.24) is 9.78 Å². The average Bonchev–Trinajstić information content (AvgIpc) is 3.04. The number of sulfone groups is 1. The summed E-state index contributed by atoms with van der Waals surface area (Å²) in [5, 5.41) is 7.30. The largest absolute Gasteiger partial charge is 0.497 e. The number of aromatic nitrogens is 2. The third-order valence-electron chi connectivity index (χ3n) is 4.19. The molecule has 0 aliphatic heterocycles. The van der Waals surface area contributed by atoms with Gasteiger partial charge in [0.2, 0.25) is 15.7 Å². The Labute approximate surface area is 179 Å². The first kappa shape index (κ1) is 21.7. The highest BCUT2D eigenvalue weighted by molar-refractivity contribution is 8.00. The summed E-state index contributed by atoms with van der Waals surface area (Å²) >= 11 is 1.26. The number of thioether (sulfide) groups is 1. The fourth-order valence-electron chi connectivity index (χ4n) is 2.77. The summed E-state index contributed by atoms with van der Waals surface area (Å²) in [5.41, 5.74) is 6.72. The molecule has 3 N–H and O–H groups in total. The van der Waals surface area contributed by atoms with E-state index in [1.165, 1.54) is 28.6 Å². The molecule has 10 heteroatoms. The molecule has 0 bridgehead atoms. The molecule has 0 saturated carbocycles. The van der Waals surface area contributed by atoms with Crippen LogP contribution in [0.2, 0.25) is 0 Å². The number of anilines is 2. The lowest BCUT2D eigenvalue weighted by Crippen LogP contribution is -2.21. The van der Waals surface area contributed by atoms with Gasteiger partial charge in [0.25, 0.3) is 0 Å². The van der Waals surface area contributed by atoms with Crippen LogP contribution < -0.4 is 15.8 Å². The summed E-state index contributed by atoms with van der Waals surface area (Å²) in [6.45, 7) is 1.66. The van der Waals surface area contributed by atoms with E-state index in [0.29, 0.717) is 17.2 Å². The molecule has 0 unspecified atom stereocenters. The number of nitrogen functional groups attached to an aromatic ring is 1. The van der Waals surface area contributed by atoms with Crippen molar-refractivity contribution in [3.05, 3.63) is 54.6 Å². The molecule has 30 heavy (non-hydrogen) atoms. The van der Waals surface area contributed by atoms with Crippen LogP contribution in [0.1, 0.15) is 6.92 Å². The van der Waals surface area contributed by atoms with Crippen molar-refractivity contribution in [2.24, 2.45) is 0 Å². The zero-order valence-corrected chi connectivity index (χ0v) is 18.2. The van der Waals surface area contributed by atoms with E-state index in [2.05, 4.69) is 10.4 Å². The topological polar surface area (TPSA) is 116 Å². The predicted octanol–water partition coefficient (Wildman–Crippen LogP) is 3.06. The van der Waals surface area contributed by atoms with Gasteiger partial charge in [0.15, 0.2) is 0 Å². The van der Waals surface area contributed by atoms with Crippen LogP contribution in [0.5, 0.6) is 5.75 Å². The minimum Gasteiger partial charge on any atom is -0.497 e. The summed E-state index contributed by atoms with van der Waals surface area (Å²) in [7, 11) is -2.32. The third-order valence-corrected chi connectivity index (χ3v) is 7.00. The molecular formula is C20H22N4O4S2. The monoisotopic (exact) mass is 446 g/mol. The zero-order chi connectivity index (χ0) is 21.7. The molecule has 8 nitrogen and oxygen atoms in total. The first-order chi connectivity index (χ1) is 14.4. The minimum absolute atomic E-state index is 0.0697. The number of hydrogen-bond donors (Lipinski definition) is 2. The maximum atomic E-state index is 13.1. The van der Waals surface area contributed by atoms with Crippen molar-refractivity contribution in [3.8, 4) is 5.75 Å². The van der Waals surface area contributed by atoms with Crippen LogP contribution in [-0.2, 0) is 21.2 Å². The van der Waals surface area contributed by atoms with E-state index in [1.807, 2.05) is 6.92 Å². The van der Waals surface area contributed by atoms with Gasteiger partial charge in [0.05, 0.1) is 12.0 Å². The van der Waals surface area contributed by atoms with E-state index < -0.39 is 9.84 Å². The highest BCUT2D eigenvalue weighted by atomic mass is 32.2. The van der Waals surface area contributed by atoms with Crippen LogP contribution in [0.3, 0.4) is 0 Å². The normalized spacial score (nSPS) is 11.3. The van der Waals surface area contributed by atoms with E-state index >= 15 is 0 Å². The van der Waals surface area contributed by atoms with Gasteiger partial charge in [-0.1, -0.05) is 25.1 Å². The molecule has 3 rings (SSSR count). The standard InChI is InChI=1S/C20H22N4O4S2/c1-3-29-20-18(30(26,27)16-7-5-4-6-8-16)19(21)24(23-20)13-17(25)22-14-9-11-15(28-2)12-10-14/h4-12H,3,13,21H2,1-2H3,(H,22,25). The number of carbonyl (C=O) groups excluding carboxylic acids is 1. The molecule has 0 fully saturated rings. The summed E-state index contributed by atoms with van der Waals surface area (Å²) in [4.78, 5) is 12.5. The second-order valence-electron chi connectivity index (χ2n) is 6.20. The van der Waals surface area contributed by atoms with Gasteiger partial charge in [-0.15, -0.1) is 11.8 Å². The number of nitrogens with two attached hydrogens (primary N) is 1. The van der Waals surface area contributed by atoms with Gasteiger partial charge < -0.3 is 15.8 Å². The first-order valence-electron chi connectivity index (χ1n) is 9.10. The van der Waals surface area contributed by atoms with Gasteiger partial charge in [-0.05, 0) is 42.2 Å². The van der Waals surface area contributed by atoms with E-state index in [9.17, 15) is 13.2 Å². The maximum absolute atomic E-state index is 13.1. The molecule has 0 radical (unpaired) electrons. The van der Waals surface area contributed by atoms with Crippen molar-refractivity contribution >= 4 is 39.0 Å². The summed E-state index contributed by atoms with van der Waals surface area (Å²) in [6.07, 6.45) is 0. The van der Waals surface area contributed by atoms with Crippen LogP contribution in [0, 0.1) is 0 Å². The third kappa shape index (κ3) is 4.60. The van der Waals surface area contributed by atoms with Gasteiger partial charge in [0, 0.05) is 5.69 Å². The van der Waals surface area contributed by atoms with Crippen LogP contribution in [-0.4, -0.2) is 37.0 Å². The molecule has 0 spiro atoms. The van der Waals surface area contributed by atoms with Crippen molar-refractivity contribution in [2.75, 3.05) is 23.9 Å². The molecule has 3 aromatic rings. The van der Waals surface area contributed by atoms with E-state index in [-0.39, 0.29) is 33.1 Å². The minimum atomic E-state index is -3.88. The Bertz CT molecular complexity index is 1130. The second kappa shape index (κ2) is 9.23. The molecule has 1 heterocycles. The Morgan fingerprint density at radius 1 is 1.17 bits per heavy atom. The SMILES string of the molecule is CCSc1nn(CC(=O)Nc2ccc(OC)cc2)c(N)c1S(=O)(=O)c1ccccc1. The zero-order valence-electron chi connectivity index (χ0n) is 16.5. The Morgan fingerprint density at radius 3 is 2.43 bits per heavy atom. The Kier molecular flexibility index (Phi) is 6.68. The number of nitrogens with zero attached hydrogens (tertiary/aromatic N) is 2. The number of amides is 1. The number of methoxy groups -OCH3 is 1. The lowest BCUT2D eigenvalue weighted by atomic mass is 10.3. The van der Waals surface area contributed by atoms with Crippen LogP contribution in [0.25, 0.3) is 0 Å². The lowest BCUT2D eigenvalue weighted by molar-refractivity contribution is -0.116. The molecule has 1 aromatic heterocycles. The molecule has 0 saturated heterocycles. The first-order valence-corrected chi connectivity index (χ1v) is 11.6. The number of hydrogen-bond acceptors (Lipinski definition) is 7. The number of nitrogens with one attached hydrogen (secondary N) is 1. The van der Waals surface area contributed by atoms with E-state index in [4.69, 9.17) is 10.5 Å². The van der Waals surface area contributed by atoms with Gasteiger partial charge in [-0.2, -0.15) is 5.10 Å². The highest BCUT2D eigenvalue weighted by Gasteiger charge is 2.29. The fourth-order valence-corrected chi connectivity index (χ4v) is 5.34. The summed E-state index contributed by atoms with van der Waals surface area (Å²) < 4.78 is 32.6. The van der Waals surface area contributed by atoms with E-state index in [1.54, 1.807) is 49.6 Å². The van der Waals surface area contributed by atoms with E-state index in [0.717, 1.165) is 0 Å². The quantitative estimate of drug-likeness (QED) is 0.511. The van der Waals surface area contributed by atoms with Crippen molar-refractivity contribution in [3.63, 3.8) is 0 Å². The van der Waals surface area contributed by atoms with Crippen molar-refractivity contribution in [1.29, 1.82) is 0 Å². The molecule has 0 aliphatic carbocycles. The number of rotatable bonds is 8. The van der Waals surface area contributed by atoms with Crippen molar-refractivity contribution in [2.45, 2.75) is 28.3 Å². The van der Waals surface area contributed by atoms with Gasteiger partial charge >= 0.3 is 0 Å². The Balaban J connectivity index is 1.89. The molecule has 1 amide bonds. The average molecular weight is 447 g/mol. The van der Waals surface area contributed by atoms with Crippen LogP contribution in [0.15, 0.2) is 69.4 Å².